The fourth-order valence-corrected chi connectivity index (χ4v) is 5.42. The first-order valence-electron chi connectivity index (χ1n) is 6.70. The summed E-state index contributed by atoms with van der Waals surface area (Å²) >= 11 is 0. The quantitative estimate of drug-likeness (QED) is 0.776. The summed E-state index contributed by atoms with van der Waals surface area (Å²) in [6.07, 6.45) is 2.43. The number of hydrogen-bond acceptors (Lipinski definition) is 3. The van der Waals surface area contributed by atoms with E-state index in [0.29, 0.717) is 6.42 Å². The molecule has 2 fully saturated rings. The van der Waals surface area contributed by atoms with Gasteiger partial charge in [0.05, 0.1) is 10.5 Å². The molecule has 0 aromatic heterocycles. The highest BCUT2D eigenvalue weighted by molar-refractivity contribution is 7.92. The molecule has 0 aliphatic heterocycles. The Labute approximate surface area is 110 Å². The predicted molar refractivity (Wildman–Crippen MR) is 72.1 cm³/mol. The van der Waals surface area contributed by atoms with E-state index in [1.165, 1.54) is 0 Å². The smallest absolute Gasteiger partial charge is 0.155 e. The number of hydrogen-bond donors (Lipinski definition) is 0. The molecule has 0 aromatic carbocycles. The second-order valence-corrected chi connectivity index (χ2v) is 10.2. The summed E-state index contributed by atoms with van der Waals surface area (Å²) in [6.45, 7) is 9.21. The molecule has 2 rings (SSSR count). The van der Waals surface area contributed by atoms with Gasteiger partial charge in [-0.3, -0.25) is 4.79 Å². The van der Waals surface area contributed by atoms with E-state index in [-0.39, 0.29) is 22.9 Å². The Hall–Kier alpha value is -0.380. The first-order valence-corrected chi connectivity index (χ1v) is 8.35. The summed E-state index contributed by atoms with van der Waals surface area (Å²) < 4.78 is 24.2. The van der Waals surface area contributed by atoms with Crippen LogP contribution in [0.5, 0.6) is 0 Å². The number of rotatable bonds is 2. The SMILES string of the molecule is CC12CCC(CC1=O)C2(C)CS(=O)(=O)C(C)(C)C. The van der Waals surface area contributed by atoms with Crippen LogP contribution in [0.3, 0.4) is 0 Å². The van der Waals surface area contributed by atoms with Gasteiger partial charge >= 0.3 is 0 Å². The van der Waals surface area contributed by atoms with Gasteiger partial charge in [-0.1, -0.05) is 13.8 Å². The van der Waals surface area contributed by atoms with Crippen LogP contribution in [-0.2, 0) is 14.6 Å². The Morgan fingerprint density at radius 3 is 2.17 bits per heavy atom. The number of carbonyl (C=O) groups excluding carboxylic acids is 1. The van der Waals surface area contributed by atoms with Crippen molar-refractivity contribution in [1.29, 1.82) is 0 Å². The Morgan fingerprint density at radius 2 is 1.83 bits per heavy atom. The van der Waals surface area contributed by atoms with E-state index in [2.05, 4.69) is 0 Å². The van der Waals surface area contributed by atoms with Crippen LogP contribution in [-0.4, -0.2) is 24.7 Å². The average Bonchev–Trinajstić information content (AvgIpc) is 2.49. The molecule has 0 N–H and O–H groups in total. The summed E-state index contributed by atoms with van der Waals surface area (Å²) in [5.41, 5.74) is -0.786. The van der Waals surface area contributed by atoms with Crippen molar-refractivity contribution in [2.45, 2.75) is 58.6 Å². The van der Waals surface area contributed by atoms with Crippen molar-refractivity contribution in [2.75, 3.05) is 5.75 Å². The minimum absolute atomic E-state index is 0.149. The van der Waals surface area contributed by atoms with Gasteiger partial charge in [-0.25, -0.2) is 8.42 Å². The van der Waals surface area contributed by atoms with Gasteiger partial charge in [0.15, 0.2) is 9.84 Å². The molecule has 2 aliphatic rings. The molecule has 3 nitrogen and oxygen atoms in total. The molecule has 3 unspecified atom stereocenters. The third-order valence-electron chi connectivity index (χ3n) is 5.62. The number of fused-ring (bicyclic) bond motifs is 2. The van der Waals surface area contributed by atoms with Crippen LogP contribution < -0.4 is 0 Å². The second kappa shape index (κ2) is 3.59. The van der Waals surface area contributed by atoms with Crippen LogP contribution in [0.4, 0.5) is 0 Å². The molecule has 4 heteroatoms. The van der Waals surface area contributed by atoms with E-state index in [1.807, 2.05) is 13.8 Å². The molecule has 2 aliphatic carbocycles. The molecule has 0 radical (unpaired) electrons. The Morgan fingerprint density at radius 1 is 1.28 bits per heavy atom. The molecule has 0 spiro atoms. The van der Waals surface area contributed by atoms with Crippen LogP contribution >= 0.6 is 0 Å². The standard InChI is InChI=1S/C14H24O3S/c1-12(2,3)18(16,17)9-14(5)10-6-7-13(14,4)11(15)8-10/h10H,6-9H2,1-5H3. The summed E-state index contributed by atoms with van der Waals surface area (Å²) in [7, 11) is -3.18. The minimum atomic E-state index is -3.18. The summed E-state index contributed by atoms with van der Waals surface area (Å²) in [5, 5.41) is 0. The van der Waals surface area contributed by atoms with E-state index in [0.717, 1.165) is 12.8 Å². The number of Topliss-reactive ketones (excluding diaryl/α,β-unsaturated/α-hetero) is 1. The Bertz CT molecular complexity index is 486. The van der Waals surface area contributed by atoms with Crippen LogP contribution in [0.2, 0.25) is 0 Å². The molecule has 2 saturated carbocycles. The van der Waals surface area contributed by atoms with Gasteiger partial charge in [0, 0.05) is 11.8 Å². The lowest BCUT2D eigenvalue weighted by Gasteiger charge is -2.38. The fraction of sp³-hybridized carbons (Fsp3) is 0.929. The van der Waals surface area contributed by atoms with Gasteiger partial charge in [0.1, 0.15) is 5.78 Å². The zero-order valence-corrected chi connectivity index (χ0v) is 12.9. The van der Waals surface area contributed by atoms with E-state index < -0.39 is 20.0 Å². The average molecular weight is 272 g/mol. The lowest BCUT2D eigenvalue weighted by atomic mass is 9.70. The maximum absolute atomic E-state index is 12.5. The maximum Gasteiger partial charge on any atom is 0.155 e. The molecule has 104 valence electrons. The number of sulfone groups is 1. The van der Waals surface area contributed by atoms with Crippen molar-refractivity contribution in [1.82, 2.24) is 0 Å². The Balaban J connectivity index is 2.39. The van der Waals surface area contributed by atoms with Crippen LogP contribution in [0.1, 0.15) is 53.9 Å². The zero-order valence-electron chi connectivity index (χ0n) is 12.0. The highest BCUT2D eigenvalue weighted by atomic mass is 32.2. The van der Waals surface area contributed by atoms with Crippen molar-refractivity contribution < 1.29 is 13.2 Å². The molecule has 18 heavy (non-hydrogen) atoms. The molecule has 0 saturated heterocycles. The van der Waals surface area contributed by atoms with Crippen molar-refractivity contribution in [2.24, 2.45) is 16.7 Å². The highest BCUT2D eigenvalue weighted by Gasteiger charge is 2.65. The molecular weight excluding hydrogens is 248 g/mol. The Kier molecular flexibility index (Phi) is 2.80. The maximum atomic E-state index is 12.5. The third kappa shape index (κ3) is 1.60. The van der Waals surface area contributed by atoms with Gasteiger partial charge in [0.25, 0.3) is 0 Å². The first-order chi connectivity index (χ1) is 7.94. The van der Waals surface area contributed by atoms with Crippen LogP contribution in [0.15, 0.2) is 0 Å². The van der Waals surface area contributed by atoms with Crippen LogP contribution in [0.25, 0.3) is 0 Å². The first kappa shape index (κ1) is 14.0. The van der Waals surface area contributed by atoms with Gasteiger partial charge in [-0.05, 0) is 44.9 Å². The number of ketones is 1. The van der Waals surface area contributed by atoms with Gasteiger partial charge in [0.2, 0.25) is 0 Å². The van der Waals surface area contributed by atoms with Crippen molar-refractivity contribution in [3.05, 3.63) is 0 Å². The fourth-order valence-electron chi connectivity index (χ4n) is 3.64. The zero-order chi connectivity index (χ0) is 14.0. The number of carbonyl (C=O) groups is 1. The van der Waals surface area contributed by atoms with E-state index in [4.69, 9.17) is 0 Å². The molecule has 3 atom stereocenters. The summed E-state index contributed by atoms with van der Waals surface area (Å²) in [6, 6.07) is 0. The normalized spacial score (nSPS) is 40.5. The van der Waals surface area contributed by atoms with E-state index in [9.17, 15) is 13.2 Å². The van der Waals surface area contributed by atoms with E-state index in [1.54, 1.807) is 20.8 Å². The van der Waals surface area contributed by atoms with E-state index >= 15 is 0 Å². The summed E-state index contributed by atoms with van der Waals surface area (Å²) in [4.78, 5) is 12.1. The lowest BCUT2D eigenvalue weighted by Crippen LogP contribution is -2.44. The predicted octanol–water partition coefficient (Wildman–Crippen LogP) is 2.60. The molecule has 0 heterocycles. The van der Waals surface area contributed by atoms with Crippen molar-refractivity contribution >= 4 is 15.6 Å². The van der Waals surface area contributed by atoms with Gasteiger partial charge in [-0.2, -0.15) is 0 Å². The lowest BCUT2D eigenvalue weighted by molar-refractivity contribution is -0.128. The summed E-state index contributed by atoms with van der Waals surface area (Å²) in [5.74, 6) is 0.675. The van der Waals surface area contributed by atoms with Gasteiger partial charge < -0.3 is 0 Å². The molecule has 2 bridgehead atoms. The monoisotopic (exact) mass is 272 g/mol. The highest BCUT2D eigenvalue weighted by Crippen LogP contribution is 2.64. The second-order valence-electron chi connectivity index (χ2n) is 7.48. The van der Waals surface area contributed by atoms with Crippen molar-refractivity contribution in [3.8, 4) is 0 Å². The van der Waals surface area contributed by atoms with Gasteiger partial charge in [-0.15, -0.1) is 0 Å². The third-order valence-corrected chi connectivity index (χ3v) is 8.47. The molecule has 0 amide bonds. The molecular formula is C14H24O3S. The van der Waals surface area contributed by atoms with Crippen molar-refractivity contribution in [3.63, 3.8) is 0 Å². The topological polar surface area (TPSA) is 51.2 Å². The minimum Gasteiger partial charge on any atom is -0.299 e. The molecule has 0 aromatic rings. The van der Waals surface area contributed by atoms with Crippen LogP contribution in [0, 0.1) is 16.7 Å². The largest absolute Gasteiger partial charge is 0.299 e.